The Kier molecular flexibility index (Phi) is 3.67. The molecule has 2 heterocycles. The molecule has 9 rings (SSSR count). The number of hydrogen-bond acceptors (Lipinski definition) is 0. The van der Waals surface area contributed by atoms with E-state index >= 15 is 0 Å². The Morgan fingerprint density at radius 1 is 0.474 bits per heavy atom. The maximum Gasteiger partial charge on any atom is 0.0620 e. The van der Waals surface area contributed by atoms with Crippen LogP contribution in [0.3, 0.4) is 0 Å². The molecule has 1 heteroatoms. The van der Waals surface area contributed by atoms with Crippen LogP contribution in [-0.2, 0) is 5.41 Å². The van der Waals surface area contributed by atoms with Gasteiger partial charge in [0, 0.05) is 27.0 Å². The fourth-order valence-electron chi connectivity index (χ4n) is 7.39. The van der Waals surface area contributed by atoms with Gasteiger partial charge in [-0.1, -0.05) is 98.8 Å². The smallest absolute Gasteiger partial charge is 0.0620 e. The first kappa shape index (κ1) is 20.4. The summed E-state index contributed by atoms with van der Waals surface area (Å²) in [5.74, 6) is 0. The van der Waals surface area contributed by atoms with Gasteiger partial charge in [-0.05, 0) is 74.5 Å². The molecule has 6 aromatic carbocycles. The Hall–Kier alpha value is -4.62. The largest absolute Gasteiger partial charge is 0.308 e. The summed E-state index contributed by atoms with van der Waals surface area (Å²) in [7, 11) is 0. The van der Waals surface area contributed by atoms with Crippen molar-refractivity contribution in [3.8, 4) is 22.3 Å². The molecule has 1 aliphatic carbocycles. The second kappa shape index (κ2) is 6.82. The molecule has 0 bridgehead atoms. The minimum atomic E-state index is -0.0474. The first-order chi connectivity index (χ1) is 18.6. The zero-order chi connectivity index (χ0) is 25.2. The molecule has 0 unspecified atom stereocenters. The van der Waals surface area contributed by atoms with Gasteiger partial charge in [-0.2, -0.15) is 0 Å². The molecule has 0 spiro atoms. The molecule has 1 nitrogen and oxygen atoms in total. The van der Waals surface area contributed by atoms with E-state index in [0.717, 1.165) is 0 Å². The Morgan fingerprint density at radius 2 is 1.03 bits per heavy atom. The van der Waals surface area contributed by atoms with E-state index in [-0.39, 0.29) is 5.41 Å². The average molecular weight is 484 g/mol. The normalized spacial score (nSPS) is 14.3. The van der Waals surface area contributed by atoms with Crippen LogP contribution in [0.4, 0.5) is 0 Å². The van der Waals surface area contributed by atoms with Gasteiger partial charge in [0.05, 0.1) is 16.6 Å². The third-order valence-corrected chi connectivity index (χ3v) is 9.10. The van der Waals surface area contributed by atoms with Crippen molar-refractivity contribution in [3.63, 3.8) is 0 Å². The number of para-hydroxylation sites is 2. The zero-order valence-electron chi connectivity index (χ0n) is 21.4. The van der Waals surface area contributed by atoms with Crippen LogP contribution in [-0.4, -0.2) is 4.40 Å². The quantitative estimate of drug-likeness (QED) is 0.219. The third kappa shape index (κ3) is 2.33. The van der Waals surface area contributed by atoms with Gasteiger partial charge in [-0.3, -0.25) is 0 Å². The minimum Gasteiger partial charge on any atom is -0.308 e. The second-order valence-corrected chi connectivity index (χ2v) is 11.4. The molecule has 0 saturated heterocycles. The van der Waals surface area contributed by atoms with Crippen LogP contribution in [0.2, 0.25) is 0 Å². The van der Waals surface area contributed by atoms with E-state index in [2.05, 4.69) is 134 Å². The van der Waals surface area contributed by atoms with Crippen LogP contribution in [0.5, 0.6) is 0 Å². The van der Waals surface area contributed by atoms with Gasteiger partial charge in [-0.25, -0.2) is 0 Å². The van der Waals surface area contributed by atoms with Gasteiger partial charge in [0.25, 0.3) is 0 Å². The number of hydrogen-bond donors (Lipinski definition) is 0. The van der Waals surface area contributed by atoms with Crippen molar-refractivity contribution < 1.29 is 0 Å². The Labute approximate surface area is 220 Å². The molecular weight excluding hydrogens is 458 g/mol. The van der Waals surface area contributed by atoms with Crippen LogP contribution < -0.4 is 0 Å². The van der Waals surface area contributed by atoms with Crippen LogP contribution in [0.25, 0.3) is 71.1 Å². The fraction of sp³-hybridized carbons (Fsp3) is 0.0811. The summed E-state index contributed by atoms with van der Waals surface area (Å²) in [6.45, 7) is 4.76. The van der Waals surface area contributed by atoms with Crippen LogP contribution in [0.15, 0.2) is 115 Å². The van der Waals surface area contributed by atoms with Crippen molar-refractivity contribution in [1.82, 2.24) is 4.40 Å². The molecule has 2 aromatic heterocycles. The van der Waals surface area contributed by atoms with E-state index in [9.17, 15) is 0 Å². The molecule has 178 valence electrons. The number of aromatic nitrogens is 1. The van der Waals surface area contributed by atoms with Gasteiger partial charge >= 0.3 is 0 Å². The van der Waals surface area contributed by atoms with E-state index < -0.39 is 0 Å². The van der Waals surface area contributed by atoms with Gasteiger partial charge in [0.15, 0.2) is 0 Å². The van der Waals surface area contributed by atoms with Crippen LogP contribution >= 0.6 is 0 Å². The van der Waals surface area contributed by atoms with Crippen molar-refractivity contribution in [2.75, 3.05) is 0 Å². The summed E-state index contributed by atoms with van der Waals surface area (Å²) in [6.07, 6.45) is 0. The van der Waals surface area contributed by atoms with Gasteiger partial charge in [-0.15, -0.1) is 0 Å². The molecular formula is C37H25N. The molecule has 0 amide bonds. The minimum absolute atomic E-state index is 0.0474. The number of fused-ring (bicyclic) bond motifs is 11. The summed E-state index contributed by atoms with van der Waals surface area (Å²) in [6, 6.07) is 43.0. The second-order valence-electron chi connectivity index (χ2n) is 11.4. The lowest BCUT2D eigenvalue weighted by molar-refractivity contribution is 0.661. The number of nitrogens with zero attached hydrogens (tertiary/aromatic N) is 1. The van der Waals surface area contributed by atoms with E-state index in [1.54, 1.807) is 0 Å². The van der Waals surface area contributed by atoms with E-state index in [1.807, 2.05) is 0 Å². The Bertz CT molecular complexity index is 2180. The predicted molar refractivity (Wildman–Crippen MR) is 162 cm³/mol. The van der Waals surface area contributed by atoms with E-state index in [1.165, 1.54) is 82.2 Å². The standard InChI is InChI=1S/C37H25N/c1-37(2)31-16-8-5-15-27(31)35-26-14-4-3-11-23(26)28(21-32(35)37)22-19-29-24-12-6-9-17-33(24)38-34-18-10-7-13-25(34)30(20-22)36(29)38/h3-21H,1-2H3. The zero-order valence-corrected chi connectivity index (χ0v) is 21.4. The fourth-order valence-corrected chi connectivity index (χ4v) is 7.39. The SMILES string of the molecule is CC1(C)c2ccccc2-c2c1cc(-c1cc3c4ccccc4n4c5ccccc5c(c1)c34)c1ccccc21. The molecule has 0 atom stereocenters. The van der Waals surface area contributed by atoms with Crippen molar-refractivity contribution in [3.05, 3.63) is 126 Å². The molecule has 0 radical (unpaired) electrons. The number of benzene rings is 6. The van der Waals surface area contributed by atoms with Crippen molar-refractivity contribution >= 4 is 48.9 Å². The molecule has 0 N–H and O–H groups in total. The highest BCUT2D eigenvalue weighted by Gasteiger charge is 2.37. The summed E-state index contributed by atoms with van der Waals surface area (Å²) in [4.78, 5) is 0. The summed E-state index contributed by atoms with van der Waals surface area (Å²) in [5, 5.41) is 7.96. The molecule has 0 saturated carbocycles. The highest BCUT2D eigenvalue weighted by molar-refractivity contribution is 6.25. The lowest BCUT2D eigenvalue weighted by Crippen LogP contribution is -2.15. The molecule has 8 aromatic rings. The molecule has 0 fully saturated rings. The highest BCUT2D eigenvalue weighted by Crippen LogP contribution is 2.53. The monoisotopic (exact) mass is 483 g/mol. The summed E-state index contributed by atoms with van der Waals surface area (Å²) in [5.41, 5.74) is 12.1. The van der Waals surface area contributed by atoms with Gasteiger partial charge in [0.1, 0.15) is 0 Å². The van der Waals surface area contributed by atoms with Crippen LogP contribution in [0, 0.1) is 0 Å². The molecule has 1 aliphatic rings. The highest BCUT2D eigenvalue weighted by atomic mass is 14.9. The summed E-state index contributed by atoms with van der Waals surface area (Å²) >= 11 is 0. The predicted octanol–water partition coefficient (Wildman–Crippen LogP) is 9.96. The maximum atomic E-state index is 2.49. The molecule has 38 heavy (non-hydrogen) atoms. The third-order valence-electron chi connectivity index (χ3n) is 9.10. The first-order valence-electron chi connectivity index (χ1n) is 13.5. The summed E-state index contributed by atoms with van der Waals surface area (Å²) < 4.78 is 2.46. The molecule has 0 aliphatic heterocycles. The Balaban J connectivity index is 1.46. The van der Waals surface area contributed by atoms with Crippen LogP contribution in [0.1, 0.15) is 25.0 Å². The lowest BCUT2D eigenvalue weighted by Gasteiger charge is -2.23. The Morgan fingerprint density at radius 3 is 1.71 bits per heavy atom. The van der Waals surface area contributed by atoms with Gasteiger partial charge < -0.3 is 4.40 Å². The average Bonchev–Trinajstić information content (AvgIpc) is 3.55. The number of rotatable bonds is 1. The first-order valence-corrected chi connectivity index (χ1v) is 13.5. The maximum absolute atomic E-state index is 2.49. The van der Waals surface area contributed by atoms with Gasteiger partial charge in [0.2, 0.25) is 0 Å². The van der Waals surface area contributed by atoms with Crippen molar-refractivity contribution in [2.24, 2.45) is 0 Å². The van der Waals surface area contributed by atoms with E-state index in [4.69, 9.17) is 0 Å². The van der Waals surface area contributed by atoms with Crippen molar-refractivity contribution in [2.45, 2.75) is 19.3 Å². The topological polar surface area (TPSA) is 4.41 Å². The van der Waals surface area contributed by atoms with E-state index in [0.29, 0.717) is 0 Å². The lowest BCUT2D eigenvalue weighted by atomic mass is 9.80. The van der Waals surface area contributed by atoms with Crippen molar-refractivity contribution in [1.29, 1.82) is 0 Å².